The fourth-order valence-electron chi connectivity index (χ4n) is 3.12. The van der Waals surface area contributed by atoms with E-state index in [2.05, 4.69) is 5.32 Å². The van der Waals surface area contributed by atoms with Crippen LogP contribution in [-0.4, -0.2) is 76.3 Å². The molecule has 0 bridgehead atoms. The monoisotopic (exact) mass is 460 g/mol. The van der Waals surface area contributed by atoms with E-state index in [0.717, 1.165) is 0 Å². The predicted octanol–water partition coefficient (Wildman–Crippen LogP) is 1.27. The van der Waals surface area contributed by atoms with Crippen molar-refractivity contribution in [3.63, 3.8) is 0 Å². The number of carbonyl (C=O) groups is 3. The number of hydrogen-bond acceptors (Lipinski definition) is 7. The molecule has 1 heterocycles. The van der Waals surface area contributed by atoms with Gasteiger partial charge in [0.1, 0.15) is 24.2 Å². The van der Waals surface area contributed by atoms with Gasteiger partial charge < -0.3 is 30.3 Å². The van der Waals surface area contributed by atoms with Gasteiger partial charge >= 0.3 is 0 Å². The largest absolute Gasteiger partial charge is 0.507 e. The predicted molar refractivity (Wildman–Crippen MR) is 123 cm³/mol. The first-order valence-corrected chi connectivity index (χ1v) is 10.8. The number of amides is 2. The van der Waals surface area contributed by atoms with E-state index < -0.39 is 23.9 Å². The van der Waals surface area contributed by atoms with Crippen molar-refractivity contribution in [1.29, 1.82) is 0 Å². The zero-order valence-electron chi connectivity index (χ0n) is 19.3. The van der Waals surface area contributed by atoms with Crippen molar-refractivity contribution in [3.8, 4) is 11.5 Å². The molecule has 0 saturated carbocycles. The van der Waals surface area contributed by atoms with Crippen LogP contribution in [0.2, 0.25) is 0 Å². The van der Waals surface area contributed by atoms with Crippen molar-refractivity contribution in [1.82, 2.24) is 10.2 Å². The van der Waals surface area contributed by atoms with Crippen molar-refractivity contribution in [2.75, 3.05) is 20.2 Å². The zero-order valence-corrected chi connectivity index (χ0v) is 19.3. The summed E-state index contributed by atoms with van der Waals surface area (Å²) >= 11 is 0. The molecule has 0 aromatic heterocycles. The lowest BCUT2D eigenvalue weighted by Crippen LogP contribution is -2.37. The highest BCUT2D eigenvalue weighted by Gasteiger charge is 2.24. The summed E-state index contributed by atoms with van der Waals surface area (Å²) < 4.78 is 5.65. The molecule has 0 fully saturated rings. The van der Waals surface area contributed by atoms with Crippen LogP contribution in [0.5, 0.6) is 11.5 Å². The minimum atomic E-state index is -1.58. The molecule has 1 aliphatic heterocycles. The standard InChI is InChI=1S/C24H32N2O7/c1-14-8-9-20(29)23(31)19(28)7-5-6-17-12-18(33-11-10-26(4)16(3)27)13-21(30)22(17)24(32)25-15(14)2/h5-6,8-9,12-15,19,23,28,30-31H,7,10-11H2,1-4H3,(H,25,32)/b6-5+,9-8-/t14-,15?,19?,23?/m1/s1. The Balaban J connectivity index is 2.38. The second kappa shape index (κ2) is 11.6. The summed E-state index contributed by atoms with van der Waals surface area (Å²) in [7, 11) is 1.64. The summed E-state index contributed by atoms with van der Waals surface area (Å²) in [4.78, 5) is 37.9. The van der Waals surface area contributed by atoms with Crippen LogP contribution in [0.4, 0.5) is 0 Å². The number of hydrogen-bond donors (Lipinski definition) is 4. The number of ketones is 1. The van der Waals surface area contributed by atoms with Gasteiger partial charge in [0.25, 0.3) is 5.91 Å². The number of fused-ring (bicyclic) bond motifs is 1. The van der Waals surface area contributed by atoms with Crippen LogP contribution in [-0.2, 0) is 9.59 Å². The second-order valence-corrected chi connectivity index (χ2v) is 8.23. The molecule has 1 aromatic rings. The van der Waals surface area contributed by atoms with Crippen LogP contribution < -0.4 is 10.1 Å². The number of ether oxygens (including phenoxy) is 1. The molecule has 2 amide bonds. The molecule has 4 atom stereocenters. The summed E-state index contributed by atoms with van der Waals surface area (Å²) in [6.07, 6.45) is 2.81. The Kier molecular flexibility index (Phi) is 9.19. The Labute approximate surface area is 193 Å². The van der Waals surface area contributed by atoms with Gasteiger partial charge in [0, 0.05) is 26.1 Å². The van der Waals surface area contributed by atoms with Gasteiger partial charge in [0.15, 0.2) is 5.78 Å². The topological polar surface area (TPSA) is 136 Å². The van der Waals surface area contributed by atoms with E-state index in [9.17, 15) is 29.7 Å². The number of likely N-dealkylation sites (N-methyl/N-ethyl adjacent to an activating group) is 1. The highest BCUT2D eigenvalue weighted by Crippen LogP contribution is 2.30. The lowest BCUT2D eigenvalue weighted by atomic mass is 9.97. The number of carbonyl (C=O) groups excluding carboxylic acids is 3. The van der Waals surface area contributed by atoms with Crippen LogP contribution in [0.15, 0.2) is 30.4 Å². The third-order valence-corrected chi connectivity index (χ3v) is 5.62. The van der Waals surface area contributed by atoms with E-state index in [1.807, 2.05) is 0 Å². The molecule has 180 valence electrons. The molecule has 0 saturated heterocycles. The normalized spacial score (nSPS) is 25.9. The highest BCUT2D eigenvalue weighted by molar-refractivity contribution is 6.01. The summed E-state index contributed by atoms with van der Waals surface area (Å²) in [5.74, 6) is -1.49. The number of aliphatic hydroxyl groups excluding tert-OH is 2. The van der Waals surface area contributed by atoms with Gasteiger partial charge in [-0.1, -0.05) is 25.2 Å². The molecular weight excluding hydrogens is 428 g/mol. The number of benzene rings is 1. The van der Waals surface area contributed by atoms with Gasteiger partial charge in [0.2, 0.25) is 5.91 Å². The lowest BCUT2D eigenvalue weighted by molar-refractivity contribution is -0.128. The molecule has 0 radical (unpaired) electrons. The first kappa shape index (κ1) is 26.1. The Morgan fingerprint density at radius 1 is 1.21 bits per heavy atom. The van der Waals surface area contributed by atoms with Crippen LogP contribution in [0.25, 0.3) is 6.08 Å². The zero-order chi connectivity index (χ0) is 24.7. The SMILES string of the molecule is CC(=O)N(C)CCOc1cc(O)c2c(c1)/C=C/CC(O)C(O)C(=O)/C=C\[C@@H](C)C(C)NC2=O. The molecule has 4 N–H and O–H groups in total. The summed E-state index contributed by atoms with van der Waals surface area (Å²) in [6.45, 7) is 5.50. The first-order chi connectivity index (χ1) is 15.5. The maximum absolute atomic E-state index is 13.0. The fraction of sp³-hybridized carbons (Fsp3) is 0.458. The Morgan fingerprint density at radius 2 is 1.91 bits per heavy atom. The van der Waals surface area contributed by atoms with Crippen LogP contribution in [0, 0.1) is 5.92 Å². The Morgan fingerprint density at radius 3 is 2.58 bits per heavy atom. The summed E-state index contributed by atoms with van der Waals surface area (Å²) in [6, 6.07) is 2.50. The first-order valence-electron chi connectivity index (χ1n) is 10.8. The Hall–Kier alpha value is -3.17. The van der Waals surface area contributed by atoms with E-state index in [1.165, 1.54) is 36.1 Å². The fourth-order valence-corrected chi connectivity index (χ4v) is 3.12. The number of rotatable bonds is 4. The molecule has 1 aliphatic rings. The number of nitrogens with one attached hydrogen (secondary N) is 1. The average Bonchev–Trinajstić information content (AvgIpc) is 2.75. The molecule has 9 heteroatoms. The van der Waals surface area contributed by atoms with E-state index in [1.54, 1.807) is 33.0 Å². The number of phenols is 1. The quantitative estimate of drug-likeness (QED) is 0.531. The summed E-state index contributed by atoms with van der Waals surface area (Å²) in [5.41, 5.74) is 0.369. The maximum atomic E-state index is 13.0. The van der Waals surface area contributed by atoms with Crippen molar-refractivity contribution >= 4 is 23.7 Å². The molecule has 9 nitrogen and oxygen atoms in total. The lowest BCUT2D eigenvalue weighted by Gasteiger charge is -2.21. The van der Waals surface area contributed by atoms with E-state index >= 15 is 0 Å². The number of phenolic OH excluding ortho intramolecular Hbond substituents is 1. The highest BCUT2D eigenvalue weighted by atomic mass is 16.5. The van der Waals surface area contributed by atoms with Crippen molar-refractivity contribution in [3.05, 3.63) is 41.5 Å². The van der Waals surface area contributed by atoms with E-state index in [0.29, 0.717) is 17.9 Å². The van der Waals surface area contributed by atoms with Gasteiger partial charge in [-0.05, 0) is 37.0 Å². The van der Waals surface area contributed by atoms with Gasteiger partial charge in [-0.2, -0.15) is 0 Å². The van der Waals surface area contributed by atoms with Gasteiger partial charge in [-0.25, -0.2) is 0 Å². The third kappa shape index (κ3) is 7.16. The number of aromatic hydroxyl groups is 1. The minimum absolute atomic E-state index is 0.0330. The van der Waals surface area contributed by atoms with Gasteiger partial charge in [-0.15, -0.1) is 0 Å². The van der Waals surface area contributed by atoms with Crippen LogP contribution in [0.1, 0.15) is 43.1 Å². The molecule has 3 unspecified atom stereocenters. The van der Waals surface area contributed by atoms with Crippen LogP contribution >= 0.6 is 0 Å². The smallest absolute Gasteiger partial charge is 0.255 e. The van der Waals surface area contributed by atoms with Gasteiger partial charge in [0.05, 0.1) is 18.2 Å². The number of aliphatic hydroxyl groups is 2. The minimum Gasteiger partial charge on any atom is -0.507 e. The second-order valence-electron chi connectivity index (χ2n) is 8.23. The molecule has 0 spiro atoms. The molecule has 1 aromatic carbocycles. The van der Waals surface area contributed by atoms with Crippen molar-refractivity contribution in [2.24, 2.45) is 5.92 Å². The third-order valence-electron chi connectivity index (χ3n) is 5.62. The molecule has 2 rings (SSSR count). The van der Waals surface area contributed by atoms with E-state index in [-0.39, 0.29) is 42.2 Å². The van der Waals surface area contributed by atoms with Crippen molar-refractivity contribution in [2.45, 2.75) is 45.4 Å². The number of nitrogens with zero attached hydrogens (tertiary/aromatic N) is 1. The van der Waals surface area contributed by atoms with Crippen molar-refractivity contribution < 1.29 is 34.4 Å². The van der Waals surface area contributed by atoms with E-state index in [4.69, 9.17) is 4.74 Å². The van der Waals surface area contributed by atoms with Gasteiger partial charge in [-0.3, -0.25) is 14.4 Å². The molecule has 33 heavy (non-hydrogen) atoms. The summed E-state index contributed by atoms with van der Waals surface area (Å²) in [5, 5.41) is 33.6. The average molecular weight is 461 g/mol. The molecule has 0 aliphatic carbocycles. The van der Waals surface area contributed by atoms with Crippen LogP contribution in [0.3, 0.4) is 0 Å². The maximum Gasteiger partial charge on any atom is 0.255 e. The Bertz CT molecular complexity index is 941. The molecular formula is C24H32N2O7.